The highest BCUT2D eigenvalue weighted by molar-refractivity contribution is 6.17. The molecule has 0 atom stereocenters. The predicted molar refractivity (Wildman–Crippen MR) is 247 cm³/mol. The number of fused-ring (bicyclic) bond motifs is 11. The van der Waals surface area contributed by atoms with Crippen molar-refractivity contribution in [3.05, 3.63) is 194 Å². The molecule has 0 saturated carbocycles. The second-order valence-electron chi connectivity index (χ2n) is 16.8. The number of benzene rings is 7. The molecule has 1 N–H and O–H groups in total. The molecule has 11 rings (SSSR count). The molecule has 0 unspecified atom stereocenters. The summed E-state index contributed by atoms with van der Waals surface area (Å²) in [6.45, 7) is 6.87. The predicted octanol–water partition coefficient (Wildman–Crippen LogP) is 15.1. The van der Waals surface area contributed by atoms with Crippen LogP contribution in [0.25, 0.3) is 111 Å². The van der Waals surface area contributed by atoms with Gasteiger partial charge in [-0.25, -0.2) is 9.97 Å². The molecule has 1 aliphatic heterocycles. The lowest BCUT2D eigenvalue weighted by Gasteiger charge is -2.22. The first-order valence-corrected chi connectivity index (χ1v) is 20.4. The van der Waals surface area contributed by atoms with Gasteiger partial charge < -0.3 is 4.98 Å². The molecule has 0 spiro atoms. The first kappa shape index (κ1) is 34.9. The largest absolute Gasteiger partial charge is 0.353 e. The first-order chi connectivity index (χ1) is 28.8. The molecule has 10 aromatic rings. The minimum Gasteiger partial charge on any atom is -0.353 e. The fourth-order valence-electron chi connectivity index (χ4n) is 8.69. The van der Waals surface area contributed by atoms with E-state index in [4.69, 9.17) is 9.97 Å². The fourth-order valence-corrected chi connectivity index (χ4v) is 8.69. The Morgan fingerprint density at radius 2 is 0.661 bits per heavy atom. The zero-order valence-electron chi connectivity index (χ0n) is 33.3. The molecule has 59 heavy (non-hydrogen) atoms. The number of pyridine rings is 2. The molecular weight excluding hydrogens is 715 g/mol. The van der Waals surface area contributed by atoms with Crippen LogP contribution < -0.4 is 0 Å². The lowest BCUT2D eigenvalue weighted by atomic mass is 9.85. The third kappa shape index (κ3) is 6.23. The maximum atomic E-state index is 5.62. The molecule has 8 bridgehead atoms. The number of H-pyrrole nitrogens is 1. The van der Waals surface area contributed by atoms with Crippen molar-refractivity contribution in [1.29, 1.82) is 0 Å². The van der Waals surface area contributed by atoms with Crippen LogP contribution in [0.3, 0.4) is 0 Å². The van der Waals surface area contributed by atoms with Gasteiger partial charge in [-0.1, -0.05) is 142 Å². The van der Waals surface area contributed by atoms with Crippen LogP contribution in [0.15, 0.2) is 188 Å². The summed E-state index contributed by atoms with van der Waals surface area (Å²) in [7, 11) is 0. The van der Waals surface area contributed by atoms with E-state index in [9.17, 15) is 0 Å². The van der Waals surface area contributed by atoms with E-state index in [0.717, 1.165) is 111 Å². The molecule has 0 aliphatic carbocycles. The van der Waals surface area contributed by atoms with Gasteiger partial charge in [-0.15, -0.1) is 0 Å². The summed E-state index contributed by atoms with van der Waals surface area (Å²) in [6.07, 6.45) is 0. The van der Waals surface area contributed by atoms with Crippen molar-refractivity contribution < 1.29 is 0 Å². The van der Waals surface area contributed by atoms with Crippen LogP contribution in [-0.4, -0.2) is 15.0 Å². The van der Waals surface area contributed by atoms with Gasteiger partial charge in [0.25, 0.3) is 0 Å². The SMILES string of the molecule is CC(C)(C)c1cc2nc(c1)-c1cc(-c3ccccc3)cc3c1[nH]c1c(cc(-c4ccccc4)cc13)-c1cc(-c3ccccc3)cc(n1)-c1cc(-c3ccccc3)cc-2c1. The molecule has 0 fully saturated rings. The molecule has 1 aliphatic rings. The standard InChI is InChI=1S/C56H41N3/c1-56(2,3)45-33-51-44-25-39(35-16-8-4-9-17-35)24-43(26-44)50-31-42(38-22-14-7-15-23-38)32-52(57-50)48-29-40(36-18-10-5-11-19-36)27-46-47-28-41(37-20-12-6-13-21-37)30-49(53(34-45)58-51)55(47)59-54(46)48/h4-34,59H,1-3H3. The summed E-state index contributed by atoms with van der Waals surface area (Å²) in [5, 5.41) is 2.30. The number of hydrogen-bond donors (Lipinski definition) is 1. The molecule has 0 radical (unpaired) electrons. The minimum atomic E-state index is -0.132. The molecule has 280 valence electrons. The highest BCUT2D eigenvalue weighted by atomic mass is 14.8. The Morgan fingerprint density at radius 3 is 1.10 bits per heavy atom. The molecular formula is C56H41N3. The van der Waals surface area contributed by atoms with Crippen LogP contribution in [0.4, 0.5) is 0 Å². The minimum absolute atomic E-state index is 0.132. The Labute approximate surface area is 344 Å². The number of aromatic nitrogens is 3. The smallest absolute Gasteiger partial charge is 0.0737 e. The number of rotatable bonds is 4. The number of nitrogens with one attached hydrogen (secondary N) is 1. The molecule has 3 nitrogen and oxygen atoms in total. The second kappa shape index (κ2) is 13.6. The zero-order chi connectivity index (χ0) is 39.7. The Morgan fingerprint density at radius 1 is 0.322 bits per heavy atom. The van der Waals surface area contributed by atoms with Crippen LogP contribution in [0, 0.1) is 0 Å². The van der Waals surface area contributed by atoms with Gasteiger partial charge in [0.2, 0.25) is 0 Å². The van der Waals surface area contributed by atoms with E-state index in [-0.39, 0.29) is 5.41 Å². The van der Waals surface area contributed by atoms with Crippen molar-refractivity contribution in [2.75, 3.05) is 0 Å². The lowest BCUT2D eigenvalue weighted by Crippen LogP contribution is -2.12. The van der Waals surface area contributed by atoms with E-state index in [1.807, 2.05) is 0 Å². The van der Waals surface area contributed by atoms with E-state index in [1.165, 1.54) is 5.56 Å². The quantitative estimate of drug-likeness (QED) is 0.194. The summed E-state index contributed by atoms with van der Waals surface area (Å²) in [5.74, 6) is 0. The topological polar surface area (TPSA) is 41.6 Å². The van der Waals surface area contributed by atoms with Gasteiger partial charge in [0.05, 0.1) is 33.8 Å². The summed E-state index contributed by atoms with van der Waals surface area (Å²) in [4.78, 5) is 15.3. The molecule has 7 aromatic carbocycles. The normalized spacial score (nSPS) is 12.0. The van der Waals surface area contributed by atoms with Gasteiger partial charge in [0.1, 0.15) is 0 Å². The summed E-state index contributed by atoms with van der Waals surface area (Å²) < 4.78 is 0. The Bertz CT molecular complexity index is 3210. The fraction of sp³-hybridized carbons (Fsp3) is 0.0714. The van der Waals surface area contributed by atoms with Gasteiger partial charge in [-0.05, 0) is 122 Å². The Hall–Kier alpha value is -7.36. The Kier molecular flexibility index (Phi) is 8.06. The third-order valence-electron chi connectivity index (χ3n) is 11.8. The maximum absolute atomic E-state index is 5.62. The molecule has 0 amide bonds. The molecule has 3 aromatic heterocycles. The number of nitrogens with zero attached hydrogens (tertiary/aromatic N) is 2. The molecule has 4 heterocycles. The van der Waals surface area contributed by atoms with Gasteiger partial charge >= 0.3 is 0 Å². The van der Waals surface area contributed by atoms with Gasteiger partial charge in [-0.3, -0.25) is 0 Å². The van der Waals surface area contributed by atoms with E-state index < -0.39 is 0 Å². The van der Waals surface area contributed by atoms with Crippen molar-refractivity contribution in [1.82, 2.24) is 15.0 Å². The van der Waals surface area contributed by atoms with Crippen LogP contribution >= 0.6 is 0 Å². The zero-order valence-corrected chi connectivity index (χ0v) is 33.3. The van der Waals surface area contributed by atoms with Crippen LogP contribution in [0.2, 0.25) is 0 Å². The summed E-state index contributed by atoms with van der Waals surface area (Å²) in [6, 6.07) is 68.1. The van der Waals surface area contributed by atoms with Gasteiger partial charge in [0.15, 0.2) is 0 Å². The van der Waals surface area contributed by atoms with Crippen LogP contribution in [0.5, 0.6) is 0 Å². The van der Waals surface area contributed by atoms with Crippen molar-refractivity contribution in [3.8, 4) is 89.5 Å². The van der Waals surface area contributed by atoms with Crippen molar-refractivity contribution in [2.45, 2.75) is 26.2 Å². The average molecular weight is 756 g/mol. The number of hydrogen-bond acceptors (Lipinski definition) is 2. The summed E-state index contributed by atoms with van der Waals surface area (Å²) in [5.41, 5.74) is 20.3. The highest BCUT2D eigenvalue weighted by Crippen LogP contribution is 2.45. The average Bonchev–Trinajstić information content (AvgIpc) is 3.67. The van der Waals surface area contributed by atoms with Crippen molar-refractivity contribution in [3.63, 3.8) is 0 Å². The maximum Gasteiger partial charge on any atom is 0.0737 e. The highest BCUT2D eigenvalue weighted by Gasteiger charge is 2.24. The van der Waals surface area contributed by atoms with Crippen molar-refractivity contribution >= 4 is 21.8 Å². The van der Waals surface area contributed by atoms with E-state index in [0.29, 0.717) is 0 Å². The number of aromatic amines is 1. The van der Waals surface area contributed by atoms with E-state index in [2.05, 4.69) is 214 Å². The van der Waals surface area contributed by atoms with Crippen LogP contribution in [0.1, 0.15) is 26.3 Å². The van der Waals surface area contributed by atoms with Crippen LogP contribution in [-0.2, 0) is 5.41 Å². The van der Waals surface area contributed by atoms with Gasteiger partial charge in [-0.2, -0.15) is 0 Å². The monoisotopic (exact) mass is 755 g/mol. The lowest BCUT2D eigenvalue weighted by molar-refractivity contribution is 0.590. The van der Waals surface area contributed by atoms with E-state index >= 15 is 0 Å². The Balaban J connectivity index is 1.34. The third-order valence-corrected chi connectivity index (χ3v) is 11.8. The molecule has 0 saturated heterocycles. The summed E-state index contributed by atoms with van der Waals surface area (Å²) >= 11 is 0. The molecule has 3 heteroatoms. The first-order valence-electron chi connectivity index (χ1n) is 20.4. The van der Waals surface area contributed by atoms with Crippen molar-refractivity contribution in [2.24, 2.45) is 0 Å². The second-order valence-corrected chi connectivity index (χ2v) is 16.8. The van der Waals surface area contributed by atoms with Gasteiger partial charge in [0, 0.05) is 33.0 Å². The van der Waals surface area contributed by atoms with E-state index in [1.54, 1.807) is 0 Å².